The minimum Gasteiger partial charge on any atom is -0.0587 e. The summed E-state index contributed by atoms with van der Waals surface area (Å²) in [5.41, 5.74) is 8.33. The molecule has 0 saturated heterocycles. The van der Waals surface area contributed by atoms with Gasteiger partial charge in [-0.15, -0.1) is 0 Å². The van der Waals surface area contributed by atoms with Gasteiger partial charge in [-0.3, -0.25) is 0 Å². The fraction of sp³-hybridized carbons (Fsp3) is 0.667. The Kier molecular flexibility index (Phi) is 3.34. The SMILES string of the molecule is Cc1cc(C(C)C)c(C(C)(C)C)c2c1CCC2C. The molecule has 1 atom stereocenters. The molecule has 0 spiro atoms. The average molecular weight is 244 g/mol. The maximum absolute atomic E-state index is 2.46. The van der Waals surface area contributed by atoms with Crippen LogP contribution in [0.25, 0.3) is 0 Å². The molecule has 0 radical (unpaired) electrons. The van der Waals surface area contributed by atoms with E-state index in [0.29, 0.717) is 5.92 Å². The van der Waals surface area contributed by atoms with Crippen LogP contribution in [-0.4, -0.2) is 0 Å². The Morgan fingerprint density at radius 2 is 1.83 bits per heavy atom. The third-order valence-electron chi connectivity index (χ3n) is 4.42. The summed E-state index contributed by atoms with van der Waals surface area (Å²) < 4.78 is 0. The molecular weight excluding hydrogens is 216 g/mol. The maximum Gasteiger partial charge on any atom is -0.0126 e. The van der Waals surface area contributed by atoms with Crippen LogP contribution in [0.2, 0.25) is 0 Å². The number of rotatable bonds is 1. The number of fused-ring (bicyclic) bond motifs is 1. The van der Waals surface area contributed by atoms with Gasteiger partial charge in [0.2, 0.25) is 0 Å². The molecule has 0 bridgehead atoms. The van der Waals surface area contributed by atoms with Crippen LogP contribution in [0.5, 0.6) is 0 Å². The van der Waals surface area contributed by atoms with Gasteiger partial charge < -0.3 is 0 Å². The van der Waals surface area contributed by atoms with Crippen molar-refractivity contribution in [1.29, 1.82) is 0 Å². The molecule has 1 aromatic rings. The Morgan fingerprint density at radius 1 is 1.22 bits per heavy atom. The van der Waals surface area contributed by atoms with E-state index in [2.05, 4.69) is 54.5 Å². The van der Waals surface area contributed by atoms with Gasteiger partial charge in [-0.05, 0) is 64.8 Å². The van der Waals surface area contributed by atoms with E-state index in [1.165, 1.54) is 18.4 Å². The van der Waals surface area contributed by atoms with Crippen molar-refractivity contribution in [3.8, 4) is 0 Å². The molecule has 0 fully saturated rings. The lowest BCUT2D eigenvalue weighted by molar-refractivity contribution is 0.563. The Balaban J connectivity index is 2.79. The Labute approximate surface area is 113 Å². The standard InChI is InChI=1S/C18H28/c1-11(2)15-10-13(4)14-9-8-12(3)16(14)17(15)18(5,6)7/h10-12H,8-9H2,1-7H3. The van der Waals surface area contributed by atoms with Gasteiger partial charge in [-0.25, -0.2) is 0 Å². The molecule has 1 unspecified atom stereocenters. The van der Waals surface area contributed by atoms with E-state index >= 15 is 0 Å². The lowest BCUT2D eigenvalue weighted by Crippen LogP contribution is -2.19. The Bertz CT molecular complexity index is 458. The first-order valence-corrected chi connectivity index (χ1v) is 7.40. The van der Waals surface area contributed by atoms with E-state index in [-0.39, 0.29) is 5.41 Å². The van der Waals surface area contributed by atoms with Crippen LogP contribution in [-0.2, 0) is 11.8 Å². The van der Waals surface area contributed by atoms with E-state index in [4.69, 9.17) is 0 Å². The third-order valence-corrected chi connectivity index (χ3v) is 4.42. The lowest BCUT2D eigenvalue weighted by Gasteiger charge is -2.30. The van der Waals surface area contributed by atoms with Crippen molar-refractivity contribution in [2.45, 2.75) is 78.6 Å². The fourth-order valence-corrected chi connectivity index (χ4v) is 3.58. The van der Waals surface area contributed by atoms with Crippen molar-refractivity contribution >= 4 is 0 Å². The average Bonchev–Trinajstić information content (AvgIpc) is 2.59. The van der Waals surface area contributed by atoms with E-state index in [9.17, 15) is 0 Å². The van der Waals surface area contributed by atoms with Crippen LogP contribution in [0.3, 0.4) is 0 Å². The first-order chi connectivity index (χ1) is 8.23. The van der Waals surface area contributed by atoms with Crippen molar-refractivity contribution in [1.82, 2.24) is 0 Å². The molecule has 18 heavy (non-hydrogen) atoms. The van der Waals surface area contributed by atoms with Gasteiger partial charge in [0.25, 0.3) is 0 Å². The largest absolute Gasteiger partial charge is 0.0587 e. The predicted molar refractivity (Wildman–Crippen MR) is 80.7 cm³/mol. The number of hydrogen-bond donors (Lipinski definition) is 0. The number of hydrogen-bond acceptors (Lipinski definition) is 0. The quantitative estimate of drug-likeness (QED) is 0.615. The summed E-state index contributed by atoms with van der Waals surface area (Å²) in [5, 5.41) is 0. The first kappa shape index (κ1) is 13.6. The molecule has 1 aliphatic rings. The summed E-state index contributed by atoms with van der Waals surface area (Å²) in [6.07, 6.45) is 2.62. The summed E-state index contributed by atoms with van der Waals surface area (Å²) in [6.45, 7) is 16.5. The van der Waals surface area contributed by atoms with Crippen molar-refractivity contribution in [2.75, 3.05) is 0 Å². The van der Waals surface area contributed by atoms with Crippen molar-refractivity contribution in [3.05, 3.63) is 33.9 Å². The highest BCUT2D eigenvalue weighted by molar-refractivity contribution is 5.53. The van der Waals surface area contributed by atoms with Crippen LogP contribution in [0.15, 0.2) is 6.07 Å². The summed E-state index contributed by atoms with van der Waals surface area (Å²) in [7, 11) is 0. The lowest BCUT2D eigenvalue weighted by atomic mass is 9.74. The molecule has 0 N–H and O–H groups in total. The number of aryl methyl sites for hydroxylation is 1. The van der Waals surface area contributed by atoms with E-state index < -0.39 is 0 Å². The molecule has 0 heteroatoms. The third kappa shape index (κ3) is 2.11. The highest BCUT2D eigenvalue weighted by Gasteiger charge is 2.31. The summed E-state index contributed by atoms with van der Waals surface area (Å²) in [6, 6.07) is 2.46. The van der Waals surface area contributed by atoms with Gasteiger partial charge >= 0.3 is 0 Å². The molecule has 1 aliphatic carbocycles. The second-order valence-electron chi connectivity index (χ2n) is 7.39. The topological polar surface area (TPSA) is 0 Å². The molecule has 0 nitrogen and oxygen atoms in total. The van der Waals surface area contributed by atoms with Crippen LogP contribution in [0.1, 0.15) is 87.6 Å². The van der Waals surface area contributed by atoms with Gasteiger partial charge in [0, 0.05) is 0 Å². The van der Waals surface area contributed by atoms with E-state index in [1.807, 2.05) is 0 Å². The van der Waals surface area contributed by atoms with Crippen LogP contribution < -0.4 is 0 Å². The Morgan fingerprint density at radius 3 is 2.33 bits per heavy atom. The first-order valence-electron chi connectivity index (χ1n) is 7.40. The monoisotopic (exact) mass is 244 g/mol. The molecule has 1 aromatic carbocycles. The highest BCUT2D eigenvalue weighted by Crippen LogP contribution is 2.44. The van der Waals surface area contributed by atoms with E-state index in [1.54, 1.807) is 22.3 Å². The zero-order chi connectivity index (χ0) is 13.7. The van der Waals surface area contributed by atoms with Gasteiger partial charge in [-0.1, -0.05) is 47.6 Å². The molecule has 0 heterocycles. The van der Waals surface area contributed by atoms with Gasteiger partial charge in [-0.2, -0.15) is 0 Å². The normalized spacial score (nSPS) is 19.4. The fourth-order valence-electron chi connectivity index (χ4n) is 3.58. The van der Waals surface area contributed by atoms with Gasteiger partial charge in [0.1, 0.15) is 0 Å². The second-order valence-corrected chi connectivity index (χ2v) is 7.39. The minimum atomic E-state index is 0.260. The van der Waals surface area contributed by atoms with E-state index in [0.717, 1.165) is 5.92 Å². The highest BCUT2D eigenvalue weighted by atomic mass is 14.4. The molecule has 0 saturated carbocycles. The molecule has 2 rings (SSSR count). The second kappa shape index (κ2) is 4.40. The van der Waals surface area contributed by atoms with Gasteiger partial charge in [0.15, 0.2) is 0 Å². The minimum absolute atomic E-state index is 0.260. The molecule has 0 aliphatic heterocycles. The Hall–Kier alpha value is -0.780. The van der Waals surface area contributed by atoms with Gasteiger partial charge in [0.05, 0.1) is 0 Å². The van der Waals surface area contributed by atoms with Crippen LogP contribution >= 0.6 is 0 Å². The molecular formula is C18H28. The summed E-state index contributed by atoms with van der Waals surface area (Å²) in [5.74, 6) is 1.36. The maximum atomic E-state index is 2.46. The zero-order valence-electron chi connectivity index (χ0n) is 13.1. The van der Waals surface area contributed by atoms with Crippen LogP contribution in [0, 0.1) is 6.92 Å². The van der Waals surface area contributed by atoms with Crippen molar-refractivity contribution in [2.24, 2.45) is 0 Å². The van der Waals surface area contributed by atoms with Crippen LogP contribution in [0.4, 0.5) is 0 Å². The van der Waals surface area contributed by atoms with Crippen molar-refractivity contribution < 1.29 is 0 Å². The number of benzene rings is 1. The zero-order valence-corrected chi connectivity index (χ0v) is 13.1. The molecule has 0 aromatic heterocycles. The molecule has 100 valence electrons. The summed E-state index contributed by atoms with van der Waals surface area (Å²) in [4.78, 5) is 0. The van der Waals surface area contributed by atoms with Crippen molar-refractivity contribution in [3.63, 3.8) is 0 Å². The predicted octanol–water partition coefficient (Wildman–Crippen LogP) is 5.47. The smallest absolute Gasteiger partial charge is 0.0126 e. The molecule has 0 amide bonds. The summed E-state index contributed by atoms with van der Waals surface area (Å²) >= 11 is 0.